The summed E-state index contributed by atoms with van der Waals surface area (Å²) in [7, 11) is 0. The molecule has 6 aromatic rings. The number of rotatable bonds is 2. The molecule has 0 radical (unpaired) electrons. The molecule has 0 saturated carbocycles. The summed E-state index contributed by atoms with van der Waals surface area (Å²) in [5.41, 5.74) is 10.8. The van der Waals surface area contributed by atoms with Gasteiger partial charge in [-0.2, -0.15) is 0 Å². The molecule has 2 nitrogen and oxygen atoms in total. The van der Waals surface area contributed by atoms with E-state index in [9.17, 15) is 0 Å². The third-order valence-corrected chi connectivity index (χ3v) is 7.26. The molecule has 0 aliphatic carbocycles. The molecule has 166 valence electrons. The van der Waals surface area contributed by atoms with Crippen molar-refractivity contribution in [2.75, 3.05) is 4.90 Å². The number of halogens is 1. The topological polar surface area (TPSA) is 8.17 Å². The summed E-state index contributed by atoms with van der Waals surface area (Å²) in [4.78, 5) is 2.39. The standard InChI is InChI=1S/C32H21BrN2/c33-22-11-10-14-24(21-22)35-29-19-8-5-16-26(29)31-25-15-4-7-18-28(25)34(23-12-2-1-3-13-23)30-20-9-6-17-27(30)32(31)35/h1-21H. The number of anilines is 3. The molecule has 1 aliphatic heterocycles. The second-order valence-corrected chi connectivity index (χ2v) is 9.68. The van der Waals surface area contributed by atoms with Crippen molar-refractivity contribution in [3.63, 3.8) is 0 Å². The van der Waals surface area contributed by atoms with Gasteiger partial charge >= 0.3 is 0 Å². The van der Waals surface area contributed by atoms with Crippen molar-refractivity contribution in [2.45, 2.75) is 0 Å². The second kappa shape index (κ2) is 8.00. The van der Waals surface area contributed by atoms with Crippen molar-refractivity contribution in [1.82, 2.24) is 4.57 Å². The molecule has 7 rings (SSSR count). The molecule has 35 heavy (non-hydrogen) atoms. The Labute approximate surface area is 212 Å². The summed E-state index contributed by atoms with van der Waals surface area (Å²) in [5.74, 6) is 0. The van der Waals surface area contributed by atoms with Crippen LogP contribution in [-0.2, 0) is 0 Å². The highest BCUT2D eigenvalue weighted by Crippen LogP contribution is 2.54. The van der Waals surface area contributed by atoms with Gasteiger partial charge in [0.25, 0.3) is 0 Å². The molecule has 0 unspecified atom stereocenters. The minimum atomic E-state index is 1.06. The zero-order valence-corrected chi connectivity index (χ0v) is 20.5. The van der Waals surface area contributed by atoms with E-state index < -0.39 is 0 Å². The molecule has 1 aliphatic rings. The first-order valence-corrected chi connectivity index (χ1v) is 12.5. The summed E-state index contributed by atoms with van der Waals surface area (Å²) in [6.45, 7) is 0. The van der Waals surface area contributed by atoms with Gasteiger partial charge in [-0.3, -0.25) is 0 Å². The van der Waals surface area contributed by atoms with Gasteiger partial charge in [0.05, 0.1) is 22.6 Å². The largest absolute Gasteiger partial charge is 0.309 e. The van der Waals surface area contributed by atoms with Crippen molar-refractivity contribution in [3.05, 3.63) is 132 Å². The van der Waals surface area contributed by atoms with E-state index in [1.165, 1.54) is 44.7 Å². The number of fused-ring (bicyclic) bond motifs is 7. The van der Waals surface area contributed by atoms with Gasteiger partial charge in [-0.1, -0.05) is 94.8 Å². The molecule has 0 N–H and O–H groups in total. The van der Waals surface area contributed by atoms with Crippen LogP contribution in [0.5, 0.6) is 0 Å². The Balaban J connectivity index is 1.69. The monoisotopic (exact) mass is 512 g/mol. The van der Waals surface area contributed by atoms with Gasteiger partial charge in [-0.25, -0.2) is 0 Å². The van der Waals surface area contributed by atoms with Crippen LogP contribution in [0.4, 0.5) is 17.1 Å². The van der Waals surface area contributed by atoms with Crippen LogP contribution in [0.1, 0.15) is 0 Å². The third-order valence-electron chi connectivity index (χ3n) is 6.77. The summed E-state index contributed by atoms with van der Waals surface area (Å²) in [6.07, 6.45) is 0. The highest BCUT2D eigenvalue weighted by atomic mass is 79.9. The lowest BCUT2D eigenvalue weighted by Crippen LogP contribution is -2.11. The highest BCUT2D eigenvalue weighted by Gasteiger charge is 2.30. The molecule has 0 fully saturated rings. The number of aromatic nitrogens is 1. The van der Waals surface area contributed by atoms with Crippen LogP contribution in [0.15, 0.2) is 132 Å². The van der Waals surface area contributed by atoms with E-state index >= 15 is 0 Å². The quantitative estimate of drug-likeness (QED) is 0.224. The van der Waals surface area contributed by atoms with Gasteiger partial charge in [0.15, 0.2) is 0 Å². The molecule has 5 aromatic carbocycles. The van der Waals surface area contributed by atoms with E-state index in [1.807, 2.05) is 0 Å². The maximum atomic E-state index is 3.70. The van der Waals surface area contributed by atoms with E-state index in [1.54, 1.807) is 0 Å². The normalized spacial score (nSPS) is 12.1. The first kappa shape index (κ1) is 20.3. The first-order chi connectivity index (χ1) is 17.3. The fourth-order valence-electron chi connectivity index (χ4n) is 5.38. The van der Waals surface area contributed by atoms with Crippen molar-refractivity contribution < 1.29 is 0 Å². The van der Waals surface area contributed by atoms with Crippen molar-refractivity contribution in [2.24, 2.45) is 0 Å². The summed E-state index contributed by atoms with van der Waals surface area (Å²) in [5, 5.41) is 1.25. The molecule has 0 bridgehead atoms. The molecule has 0 atom stereocenters. The fourth-order valence-corrected chi connectivity index (χ4v) is 5.77. The molecule has 0 spiro atoms. The van der Waals surface area contributed by atoms with E-state index in [4.69, 9.17) is 0 Å². The van der Waals surface area contributed by atoms with E-state index in [0.717, 1.165) is 15.8 Å². The number of hydrogen-bond donors (Lipinski definition) is 0. The molecule has 1 aromatic heterocycles. The van der Waals surface area contributed by atoms with Crippen LogP contribution >= 0.6 is 15.9 Å². The fraction of sp³-hybridized carbons (Fsp3) is 0. The van der Waals surface area contributed by atoms with Crippen molar-refractivity contribution in [1.29, 1.82) is 0 Å². The smallest absolute Gasteiger partial charge is 0.0641 e. The molecule has 2 heterocycles. The van der Waals surface area contributed by atoms with Gasteiger partial charge in [0, 0.05) is 37.9 Å². The van der Waals surface area contributed by atoms with Crippen molar-refractivity contribution >= 4 is 43.9 Å². The van der Waals surface area contributed by atoms with Crippen LogP contribution in [0.3, 0.4) is 0 Å². The Kier molecular flexibility index (Phi) is 4.64. The number of hydrogen-bond acceptors (Lipinski definition) is 1. The number of benzene rings is 5. The highest BCUT2D eigenvalue weighted by molar-refractivity contribution is 9.10. The van der Waals surface area contributed by atoms with Gasteiger partial charge in [0.2, 0.25) is 0 Å². The van der Waals surface area contributed by atoms with Crippen LogP contribution in [0.25, 0.3) is 39.0 Å². The summed E-state index contributed by atoms with van der Waals surface area (Å²) >= 11 is 3.70. The van der Waals surface area contributed by atoms with Gasteiger partial charge in [-0.15, -0.1) is 0 Å². The lowest BCUT2D eigenvalue weighted by molar-refractivity contribution is 1.13. The summed E-state index contributed by atoms with van der Waals surface area (Å²) < 4.78 is 3.48. The molecule has 0 saturated heterocycles. The molecular formula is C32H21BrN2. The van der Waals surface area contributed by atoms with Gasteiger partial charge in [-0.05, 0) is 48.5 Å². The Morgan fingerprint density at radius 2 is 1.14 bits per heavy atom. The van der Waals surface area contributed by atoms with E-state index in [-0.39, 0.29) is 0 Å². The Morgan fingerprint density at radius 1 is 0.514 bits per heavy atom. The minimum absolute atomic E-state index is 1.06. The van der Waals surface area contributed by atoms with Crippen LogP contribution in [-0.4, -0.2) is 4.57 Å². The maximum Gasteiger partial charge on any atom is 0.0641 e. The van der Waals surface area contributed by atoms with Crippen LogP contribution in [0.2, 0.25) is 0 Å². The van der Waals surface area contributed by atoms with E-state index in [0.29, 0.717) is 0 Å². The Bertz CT molecular complexity index is 1720. The Morgan fingerprint density at radius 3 is 1.94 bits per heavy atom. The third kappa shape index (κ3) is 3.09. The minimum Gasteiger partial charge on any atom is -0.309 e. The summed E-state index contributed by atoms with van der Waals surface area (Å²) in [6, 6.07) is 45.5. The average Bonchev–Trinajstić information content (AvgIpc) is 3.19. The molecular weight excluding hydrogens is 492 g/mol. The van der Waals surface area contributed by atoms with Crippen molar-refractivity contribution in [3.8, 4) is 28.1 Å². The van der Waals surface area contributed by atoms with Gasteiger partial charge < -0.3 is 9.47 Å². The molecule has 0 amide bonds. The van der Waals surface area contributed by atoms with Crippen LogP contribution < -0.4 is 4.90 Å². The number of nitrogens with zero attached hydrogens (tertiary/aromatic N) is 2. The molecule has 3 heteroatoms. The predicted octanol–water partition coefficient (Wildman–Crippen LogP) is 9.51. The van der Waals surface area contributed by atoms with Crippen LogP contribution in [0, 0.1) is 0 Å². The van der Waals surface area contributed by atoms with E-state index in [2.05, 4.69) is 153 Å². The average molecular weight is 513 g/mol. The maximum absolute atomic E-state index is 3.70. The SMILES string of the molecule is Brc1cccc(-n2c3c(c4ccccc42)-c2ccccc2N(c2ccccc2)c2ccccc2-3)c1. The first-order valence-electron chi connectivity index (χ1n) is 11.7. The number of para-hydroxylation sites is 4. The predicted molar refractivity (Wildman–Crippen MR) is 150 cm³/mol. The lowest BCUT2D eigenvalue weighted by atomic mass is 9.98. The zero-order chi connectivity index (χ0) is 23.4. The zero-order valence-electron chi connectivity index (χ0n) is 18.9. The van der Waals surface area contributed by atoms with Gasteiger partial charge in [0.1, 0.15) is 0 Å². The lowest BCUT2D eigenvalue weighted by Gasteiger charge is -2.27. The Hall–Kier alpha value is -4.08. The second-order valence-electron chi connectivity index (χ2n) is 8.76.